The predicted molar refractivity (Wildman–Crippen MR) is 109 cm³/mol. The van der Waals surface area contributed by atoms with E-state index in [0.29, 0.717) is 5.75 Å². The van der Waals surface area contributed by atoms with Gasteiger partial charge in [-0.15, -0.1) is 0 Å². The average Bonchev–Trinajstić information content (AvgIpc) is 2.63. The molecule has 0 unspecified atom stereocenters. The predicted octanol–water partition coefficient (Wildman–Crippen LogP) is 2.98. The second kappa shape index (κ2) is 9.87. The fourth-order valence-electron chi connectivity index (χ4n) is 2.54. The van der Waals surface area contributed by atoms with E-state index in [1.807, 2.05) is 26.0 Å². The number of aryl methyl sites for hydroxylation is 2. The Morgan fingerprint density at radius 3 is 2.48 bits per heavy atom. The van der Waals surface area contributed by atoms with Gasteiger partial charge in [0.25, 0.3) is 11.6 Å². The lowest BCUT2D eigenvalue weighted by Gasteiger charge is -2.16. The number of halogens is 1. The Morgan fingerprint density at radius 2 is 1.90 bits per heavy atom. The highest BCUT2D eigenvalue weighted by molar-refractivity contribution is 9.10. The van der Waals surface area contributed by atoms with Crippen molar-refractivity contribution >= 4 is 33.7 Å². The van der Waals surface area contributed by atoms with E-state index in [1.54, 1.807) is 6.92 Å². The molecule has 1 amide bonds. The van der Waals surface area contributed by atoms with Gasteiger partial charge in [0, 0.05) is 10.5 Å². The first kappa shape index (κ1) is 22.2. The normalized spacial score (nSPS) is 10.8. The molecule has 9 nitrogen and oxygen atoms in total. The van der Waals surface area contributed by atoms with E-state index in [1.165, 1.54) is 0 Å². The lowest BCUT2D eigenvalue weighted by molar-refractivity contribution is -0.385. The molecular weight excluding hydrogens is 446 g/mol. The number of ether oxygens (including phenoxy) is 2. The number of carbonyl (C=O) groups is 1. The fraction of sp³-hybridized carbons (Fsp3) is 0.263. The number of amides is 1. The number of hydrogen-bond donors (Lipinski definition) is 1. The van der Waals surface area contributed by atoms with Crippen LogP contribution in [0.25, 0.3) is 0 Å². The maximum absolute atomic E-state index is 12.2. The minimum absolute atomic E-state index is 0.0801. The molecule has 2 aromatic carbocycles. The molecule has 0 saturated heterocycles. The fourth-order valence-corrected chi connectivity index (χ4v) is 3.23. The molecular formula is C19H19BrN3O6-. The topological polar surface area (TPSA) is 126 Å². The summed E-state index contributed by atoms with van der Waals surface area (Å²) in [4.78, 5) is 22.3. The summed E-state index contributed by atoms with van der Waals surface area (Å²) in [7, 11) is 0. The second-order valence-corrected chi connectivity index (χ2v) is 6.92. The van der Waals surface area contributed by atoms with Crippen LogP contribution in [0.3, 0.4) is 0 Å². The van der Waals surface area contributed by atoms with Gasteiger partial charge in [0.05, 0.1) is 23.8 Å². The number of non-ortho nitro benzene ring substituents is 1. The van der Waals surface area contributed by atoms with Crippen molar-refractivity contribution in [1.82, 2.24) is 5.43 Å². The molecule has 0 bridgehead atoms. The zero-order valence-electron chi connectivity index (χ0n) is 16.0. The Morgan fingerprint density at radius 1 is 1.24 bits per heavy atom. The Kier molecular flexibility index (Phi) is 7.54. The first-order valence-electron chi connectivity index (χ1n) is 8.56. The van der Waals surface area contributed by atoms with Crippen molar-refractivity contribution in [1.29, 1.82) is 0 Å². The van der Waals surface area contributed by atoms with E-state index in [2.05, 4.69) is 26.5 Å². The molecule has 29 heavy (non-hydrogen) atoms. The van der Waals surface area contributed by atoms with Crippen LogP contribution < -0.4 is 20.0 Å². The Bertz CT molecular complexity index is 938. The van der Waals surface area contributed by atoms with Crippen LogP contribution in [0.5, 0.6) is 17.2 Å². The first-order chi connectivity index (χ1) is 13.7. The monoisotopic (exact) mass is 464 g/mol. The standard InChI is InChI=1S/C19H20BrN3O6/c1-4-28-16-8-15(23(26)27)7-13(18(16)25)9-21-22-17(24)10-29-19-11(2)5-14(20)6-12(19)3/h5-9,25H,4,10H2,1-3H3,(H,22,24)/p-1. The third-order valence-corrected chi connectivity index (χ3v) is 4.20. The average molecular weight is 465 g/mol. The maximum atomic E-state index is 12.2. The molecule has 0 aliphatic rings. The summed E-state index contributed by atoms with van der Waals surface area (Å²) in [6.07, 6.45) is 1.03. The Labute approximate surface area is 175 Å². The van der Waals surface area contributed by atoms with Crippen molar-refractivity contribution in [2.45, 2.75) is 20.8 Å². The Hall–Kier alpha value is -3.14. The smallest absolute Gasteiger partial charge is 0.277 e. The van der Waals surface area contributed by atoms with Crippen LogP contribution >= 0.6 is 15.9 Å². The van der Waals surface area contributed by atoms with Crippen molar-refractivity contribution < 1.29 is 24.3 Å². The molecule has 0 spiro atoms. The van der Waals surface area contributed by atoms with E-state index < -0.39 is 16.6 Å². The number of rotatable bonds is 8. The van der Waals surface area contributed by atoms with E-state index in [0.717, 1.165) is 33.9 Å². The number of hydrazone groups is 1. The number of carbonyl (C=O) groups excluding carboxylic acids is 1. The van der Waals surface area contributed by atoms with Gasteiger partial charge < -0.3 is 14.6 Å². The summed E-state index contributed by atoms with van der Waals surface area (Å²) in [5, 5.41) is 26.9. The van der Waals surface area contributed by atoms with Gasteiger partial charge in [-0.1, -0.05) is 21.7 Å². The number of nitrogens with one attached hydrogen (secondary N) is 1. The van der Waals surface area contributed by atoms with E-state index in [-0.39, 0.29) is 30.2 Å². The van der Waals surface area contributed by atoms with Gasteiger partial charge in [-0.25, -0.2) is 5.43 Å². The number of nitrogens with zero attached hydrogens (tertiary/aromatic N) is 2. The lowest BCUT2D eigenvalue weighted by atomic mass is 10.1. The zero-order chi connectivity index (χ0) is 21.6. The molecule has 2 rings (SSSR count). The molecule has 0 aliphatic heterocycles. The third kappa shape index (κ3) is 5.92. The molecule has 0 aromatic heterocycles. The summed E-state index contributed by atoms with van der Waals surface area (Å²) in [6.45, 7) is 5.26. The molecule has 0 saturated carbocycles. The number of nitro benzene ring substituents is 1. The van der Waals surface area contributed by atoms with Gasteiger partial charge in [-0.05, 0) is 49.6 Å². The molecule has 10 heteroatoms. The van der Waals surface area contributed by atoms with E-state index in [4.69, 9.17) is 9.47 Å². The zero-order valence-corrected chi connectivity index (χ0v) is 17.6. The summed E-state index contributed by atoms with van der Waals surface area (Å²) < 4.78 is 11.6. The minimum Gasteiger partial charge on any atom is -0.870 e. The van der Waals surface area contributed by atoms with Crippen LogP contribution in [-0.2, 0) is 4.79 Å². The van der Waals surface area contributed by atoms with Gasteiger partial charge in [0.15, 0.2) is 6.61 Å². The van der Waals surface area contributed by atoms with E-state index in [9.17, 15) is 20.0 Å². The summed E-state index contributed by atoms with van der Waals surface area (Å²) in [6, 6.07) is 5.85. The van der Waals surface area contributed by atoms with Crippen LogP contribution in [0.15, 0.2) is 33.8 Å². The minimum atomic E-state index is -0.644. The number of nitro groups is 1. The molecule has 154 valence electrons. The van der Waals surface area contributed by atoms with Gasteiger partial charge in [-0.2, -0.15) is 5.10 Å². The van der Waals surface area contributed by atoms with Crippen LogP contribution in [0, 0.1) is 24.0 Å². The van der Waals surface area contributed by atoms with Gasteiger partial charge in [0.1, 0.15) is 11.5 Å². The highest BCUT2D eigenvalue weighted by atomic mass is 79.9. The van der Waals surface area contributed by atoms with Crippen LogP contribution in [0.1, 0.15) is 23.6 Å². The van der Waals surface area contributed by atoms with Crippen molar-refractivity contribution in [3.05, 3.63) is 55.5 Å². The highest BCUT2D eigenvalue weighted by Gasteiger charge is 2.12. The number of hydrogen-bond acceptors (Lipinski definition) is 7. The quantitative estimate of drug-likeness (QED) is 0.363. The summed E-state index contributed by atoms with van der Waals surface area (Å²) >= 11 is 3.39. The van der Waals surface area contributed by atoms with Crippen LogP contribution in [0.2, 0.25) is 0 Å². The Balaban J connectivity index is 2.06. The van der Waals surface area contributed by atoms with E-state index >= 15 is 0 Å². The third-order valence-electron chi connectivity index (χ3n) is 3.74. The second-order valence-electron chi connectivity index (χ2n) is 6.00. The summed E-state index contributed by atoms with van der Waals surface area (Å²) in [5.41, 5.74) is 3.56. The van der Waals surface area contributed by atoms with Crippen molar-refractivity contribution in [2.24, 2.45) is 5.10 Å². The molecule has 0 aliphatic carbocycles. The van der Waals surface area contributed by atoms with Crippen LogP contribution in [0.4, 0.5) is 5.69 Å². The lowest BCUT2D eigenvalue weighted by Crippen LogP contribution is -2.25. The van der Waals surface area contributed by atoms with Crippen molar-refractivity contribution in [3.8, 4) is 17.2 Å². The largest absolute Gasteiger partial charge is 0.870 e. The molecule has 2 aromatic rings. The molecule has 1 N–H and O–H groups in total. The van der Waals surface area contributed by atoms with Gasteiger partial charge >= 0.3 is 0 Å². The van der Waals surface area contributed by atoms with Crippen molar-refractivity contribution in [2.75, 3.05) is 13.2 Å². The highest BCUT2D eigenvalue weighted by Crippen LogP contribution is 2.31. The van der Waals surface area contributed by atoms with Crippen LogP contribution in [-0.4, -0.2) is 30.3 Å². The van der Waals surface area contributed by atoms with Crippen molar-refractivity contribution in [3.63, 3.8) is 0 Å². The molecule has 0 atom stereocenters. The van der Waals surface area contributed by atoms with Gasteiger partial charge in [0.2, 0.25) is 0 Å². The maximum Gasteiger partial charge on any atom is 0.277 e. The first-order valence-corrected chi connectivity index (χ1v) is 9.36. The molecule has 0 heterocycles. The SMILES string of the molecule is CCOc1cc([N+](=O)[O-])cc(C=NNC(=O)COc2c(C)cc(Br)cc2C)c1[O-]. The molecule has 0 radical (unpaired) electrons. The summed E-state index contributed by atoms with van der Waals surface area (Å²) in [5.74, 6) is -0.674. The molecule has 0 fully saturated rings. The van der Waals surface area contributed by atoms with Gasteiger partial charge in [-0.3, -0.25) is 14.9 Å². The number of benzene rings is 2.